The molecule has 0 amide bonds. The fraction of sp³-hybridized carbons (Fsp3) is 0.300. The second-order valence-corrected chi connectivity index (χ2v) is 6.84. The summed E-state index contributed by atoms with van der Waals surface area (Å²) in [4.78, 5) is 2.09. The summed E-state index contributed by atoms with van der Waals surface area (Å²) in [5, 5.41) is 8.00. The zero-order chi connectivity index (χ0) is 20.4. The molecule has 0 saturated carbocycles. The molecule has 0 N–H and O–H groups in total. The Morgan fingerprint density at radius 3 is 2.72 bits per heavy atom. The van der Waals surface area contributed by atoms with Gasteiger partial charge in [0.05, 0.1) is 11.5 Å². The van der Waals surface area contributed by atoms with Crippen molar-refractivity contribution in [2.24, 2.45) is 0 Å². The number of nitrogens with zero attached hydrogens (tertiary/aromatic N) is 3. The Morgan fingerprint density at radius 1 is 1.10 bits per heavy atom. The molecule has 3 aromatic rings. The smallest absolute Gasteiger partial charge is 0.420 e. The normalized spacial score (nSPS) is 17.6. The number of halogens is 4. The minimum Gasteiger partial charge on any atom is -0.420 e. The van der Waals surface area contributed by atoms with Gasteiger partial charge in [0.1, 0.15) is 11.6 Å². The van der Waals surface area contributed by atoms with Crippen LogP contribution in [-0.4, -0.2) is 34.5 Å². The van der Waals surface area contributed by atoms with Crippen LogP contribution in [0.1, 0.15) is 23.8 Å². The lowest BCUT2D eigenvalue weighted by Gasteiger charge is -2.16. The SMILES string of the molecule is Fc1ccccc1-c1nnc(C2CCN(Cc3cccc(OC(F)(F)F)c3)C2)o1. The molecule has 2 heterocycles. The van der Waals surface area contributed by atoms with Crippen LogP contribution >= 0.6 is 0 Å². The number of alkyl halides is 3. The summed E-state index contributed by atoms with van der Waals surface area (Å²) in [6, 6.07) is 12.1. The molecule has 1 aromatic heterocycles. The van der Waals surface area contributed by atoms with Gasteiger partial charge in [0.15, 0.2) is 0 Å². The number of rotatable bonds is 5. The van der Waals surface area contributed by atoms with Crippen molar-refractivity contribution in [3.63, 3.8) is 0 Å². The molecular weight excluding hydrogens is 390 g/mol. The molecule has 1 aliphatic heterocycles. The van der Waals surface area contributed by atoms with E-state index in [1.807, 2.05) is 0 Å². The van der Waals surface area contributed by atoms with Crippen LogP contribution in [0.25, 0.3) is 11.5 Å². The second kappa shape index (κ2) is 7.82. The second-order valence-electron chi connectivity index (χ2n) is 6.84. The largest absolute Gasteiger partial charge is 0.573 e. The molecule has 4 rings (SSSR count). The molecule has 1 unspecified atom stereocenters. The highest BCUT2D eigenvalue weighted by atomic mass is 19.4. The van der Waals surface area contributed by atoms with E-state index in [0.717, 1.165) is 13.0 Å². The van der Waals surface area contributed by atoms with Crippen molar-refractivity contribution in [1.29, 1.82) is 0 Å². The molecule has 0 radical (unpaired) electrons. The summed E-state index contributed by atoms with van der Waals surface area (Å²) in [5.74, 6) is -0.125. The van der Waals surface area contributed by atoms with Crippen LogP contribution in [-0.2, 0) is 6.54 Å². The highest BCUT2D eigenvalue weighted by molar-refractivity contribution is 5.53. The lowest BCUT2D eigenvalue weighted by Crippen LogP contribution is -2.20. The molecule has 9 heteroatoms. The van der Waals surface area contributed by atoms with Crippen LogP contribution in [0.5, 0.6) is 5.75 Å². The maximum Gasteiger partial charge on any atom is 0.573 e. The van der Waals surface area contributed by atoms with Crippen LogP contribution in [0.2, 0.25) is 0 Å². The van der Waals surface area contributed by atoms with E-state index >= 15 is 0 Å². The molecule has 1 fully saturated rings. The van der Waals surface area contributed by atoms with Crippen molar-refractivity contribution in [3.8, 4) is 17.2 Å². The zero-order valence-electron chi connectivity index (χ0n) is 15.2. The number of hydrogen-bond donors (Lipinski definition) is 0. The van der Waals surface area contributed by atoms with Gasteiger partial charge in [0.2, 0.25) is 5.89 Å². The number of likely N-dealkylation sites (tertiary alicyclic amines) is 1. The summed E-state index contributed by atoms with van der Waals surface area (Å²) in [6.45, 7) is 1.82. The van der Waals surface area contributed by atoms with Crippen molar-refractivity contribution in [2.75, 3.05) is 13.1 Å². The minimum atomic E-state index is -4.72. The van der Waals surface area contributed by atoms with Crippen molar-refractivity contribution in [1.82, 2.24) is 15.1 Å². The molecule has 1 atom stereocenters. The van der Waals surface area contributed by atoms with Crippen LogP contribution in [0.3, 0.4) is 0 Å². The van der Waals surface area contributed by atoms with Gasteiger partial charge in [-0.1, -0.05) is 24.3 Å². The summed E-state index contributed by atoms with van der Waals surface area (Å²) in [7, 11) is 0. The maximum absolute atomic E-state index is 13.9. The van der Waals surface area contributed by atoms with Crippen LogP contribution in [0.15, 0.2) is 52.9 Å². The van der Waals surface area contributed by atoms with E-state index in [0.29, 0.717) is 24.5 Å². The van der Waals surface area contributed by atoms with Crippen molar-refractivity contribution < 1.29 is 26.7 Å². The molecule has 0 aliphatic carbocycles. The van der Waals surface area contributed by atoms with Crippen LogP contribution < -0.4 is 4.74 Å². The van der Waals surface area contributed by atoms with Gasteiger partial charge in [-0.05, 0) is 42.8 Å². The minimum absolute atomic E-state index is 0.0161. The van der Waals surface area contributed by atoms with E-state index in [1.165, 1.54) is 24.3 Å². The number of ether oxygens (including phenoxy) is 1. The standard InChI is InChI=1S/C20H17F4N3O2/c21-17-7-2-1-6-16(17)19-26-25-18(28-19)14-8-9-27(12-14)11-13-4-3-5-15(10-13)29-20(22,23)24/h1-7,10,14H,8-9,11-12H2. The predicted molar refractivity (Wildman–Crippen MR) is 95.5 cm³/mol. The van der Waals surface area contributed by atoms with Gasteiger partial charge in [-0.2, -0.15) is 0 Å². The van der Waals surface area contributed by atoms with E-state index in [9.17, 15) is 17.6 Å². The highest BCUT2D eigenvalue weighted by Gasteiger charge is 2.31. The number of aromatic nitrogens is 2. The fourth-order valence-electron chi connectivity index (χ4n) is 3.42. The third kappa shape index (κ3) is 4.73. The monoisotopic (exact) mass is 407 g/mol. The van der Waals surface area contributed by atoms with Gasteiger partial charge < -0.3 is 9.15 Å². The first-order chi connectivity index (χ1) is 13.9. The van der Waals surface area contributed by atoms with Crippen molar-refractivity contribution in [2.45, 2.75) is 25.2 Å². The quantitative estimate of drug-likeness (QED) is 0.571. The first-order valence-electron chi connectivity index (χ1n) is 9.03. The van der Waals surface area contributed by atoms with E-state index in [4.69, 9.17) is 4.42 Å². The van der Waals surface area contributed by atoms with Crippen molar-refractivity contribution in [3.05, 3.63) is 65.8 Å². The number of hydrogen-bond acceptors (Lipinski definition) is 5. The maximum atomic E-state index is 13.9. The van der Waals surface area contributed by atoms with Gasteiger partial charge in [0.25, 0.3) is 5.89 Å². The molecule has 2 aromatic carbocycles. The summed E-state index contributed by atoms with van der Waals surface area (Å²) in [5.41, 5.74) is 0.965. The van der Waals surface area contributed by atoms with E-state index in [1.54, 1.807) is 24.3 Å². The van der Waals surface area contributed by atoms with Crippen LogP contribution in [0.4, 0.5) is 17.6 Å². The van der Waals surface area contributed by atoms with Crippen LogP contribution in [0, 0.1) is 5.82 Å². The lowest BCUT2D eigenvalue weighted by atomic mass is 10.1. The summed E-state index contributed by atoms with van der Waals surface area (Å²) < 4.78 is 60.7. The molecular formula is C20H17F4N3O2. The van der Waals surface area contributed by atoms with Gasteiger partial charge in [-0.25, -0.2) is 4.39 Å². The van der Waals surface area contributed by atoms with Gasteiger partial charge in [-0.3, -0.25) is 4.90 Å². The van der Waals surface area contributed by atoms with Gasteiger partial charge >= 0.3 is 6.36 Å². The van der Waals surface area contributed by atoms with Gasteiger partial charge in [-0.15, -0.1) is 23.4 Å². The topological polar surface area (TPSA) is 51.4 Å². The molecule has 1 saturated heterocycles. The Hall–Kier alpha value is -2.94. The van der Waals surface area contributed by atoms with Crippen molar-refractivity contribution >= 4 is 0 Å². The first-order valence-corrected chi connectivity index (χ1v) is 9.03. The Bertz CT molecular complexity index is 990. The summed E-state index contributed by atoms with van der Waals surface area (Å²) >= 11 is 0. The first kappa shape index (κ1) is 19.4. The number of benzene rings is 2. The third-order valence-corrected chi connectivity index (χ3v) is 4.70. The molecule has 152 valence electrons. The summed E-state index contributed by atoms with van der Waals surface area (Å²) in [6.07, 6.45) is -3.96. The molecule has 5 nitrogen and oxygen atoms in total. The van der Waals surface area contributed by atoms with Gasteiger partial charge in [0, 0.05) is 13.1 Å². The Kier molecular flexibility index (Phi) is 5.23. The molecule has 0 spiro atoms. The molecule has 1 aliphatic rings. The van der Waals surface area contributed by atoms with E-state index < -0.39 is 12.2 Å². The average molecular weight is 407 g/mol. The fourth-order valence-corrected chi connectivity index (χ4v) is 3.42. The zero-order valence-corrected chi connectivity index (χ0v) is 15.2. The average Bonchev–Trinajstić information content (AvgIpc) is 3.30. The highest BCUT2D eigenvalue weighted by Crippen LogP contribution is 2.31. The predicted octanol–water partition coefficient (Wildman–Crippen LogP) is 4.76. The Labute approximate surface area is 163 Å². The Balaban J connectivity index is 1.40. The lowest BCUT2D eigenvalue weighted by molar-refractivity contribution is -0.274. The van der Waals surface area contributed by atoms with E-state index in [-0.39, 0.29) is 23.1 Å². The molecule has 29 heavy (non-hydrogen) atoms. The molecule has 0 bridgehead atoms. The van der Waals surface area contributed by atoms with E-state index in [2.05, 4.69) is 19.8 Å². The third-order valence-electron chi connectivity index (χ3n) is 4.70. The Morgan fingerprint density at radius 2 is 1.93 bits per heavy atom.